The number of aliphatic hydroxyl groups excluding tert-OH is 2. The van der Waals surface area contributed by atoms with Crippen LogP contribution in [0.5, 0.6) is 0 Å². The number of benzene rings is 1. The van der Waals surface area contributed by atoms with Crippen LogP contribution in [0, 0.1) is 0 Å². The van der Waals surface area contributed by atoms with Crippen molar-refractivity contribution in [3.05, 3.63) is 30.0 Å². The summed E-state index contributed by atoms with van der Waals surface area (Å²) in [6.45, 7) is -0.212. The van der Waals surface area contributed by atoms with Gasteiger partial charge in [0.15, 0.2) is 0 Å². The summed E-state index contributed by atoms with van der Waals surface area (Å²) in [5.74, 6) is 0.180. The molecule has 1 aromatic carbocycles. The van der Waals surface area contributed by atoms with Crippen LogP contribution < -0.4 is 5.73 Å². The summed E-state index contributed by atoms with van der Waals surface area (Å²) in [7, 11) is 0. The van der Waals surface area contributed by atoms with Crippen molar-refractivity contribution in [2.75, 3.05) is 12.3 Å². The van der Waals surface area contributed by atoms with E-state index in [1.165, 1.54) is 0 Å². The molecule has 19 heavy (non-hydrogen) atoms. The summed E-state index contributed by atoms with van der Waals surface area (Å²) < 4.78 is 5.63. The minimum absolute atomic E-state index is 0.180. The topological polar surface area (TPSA) is 101 Å². The number of hydrogen-bond donors (Lipinski definition) is 3. The van der Waals surface area contributed by atoms with E-state index in [1.54, 1.807) is 0 Å². The molecule has 0 unspecified atom stereocenters. The standard InChI is InChI=1S/C13H15N3O3/c14-13-15-8-4-2-1-3-7(8)12(16-13)10-5-9(18)11(6-17)19-10/h1-4,9-11,17-18H,5-6H2,(H2,14,15,16)/t9-,10+,11+/m0/s1. The van der Waals surface area contributed by atoms with Crippen molar-refractivity contribution in [1.82, 2.24) is 9.97 Å². The summed E-state index contributed by atoms with van der Waals surface area (Å²) in [5.41, 5.74) is 7.12. The fraction of sp³-hybridized carbons (Fsp3) is 0.385. The van der Waals surface area contributed by atoms with Gasteiger partial charge in [-0.2, -0.15) is 0 Å². The molecule has 2 heterocycles. The summed E-state index contributed by atoms with van der Waals surface area (Å²) in [6, 6.07) is 7.51. The Morgan fingerprint density at radius 3 is 2.84 bits per heavy atom. The Bertz CT molecular complexity index is 605. The Balaban J connectivity index is 2.05. The quantitative estimate of drug-likeness (QED) is 0.723. The second-order valence-corrected chi connectivity index (χ2v) is 4.63. The van der Waals surface area contributed by atoms with Crippen LogP contribution >= 0.6 is 0 Å². The molecule has 0 amide bonds. The molecule has 6 heteroatoms. The van der Waals surface area contributed by atoms with Gasteiger partial charge in [-0.25, -0.2) is 9.97 Å². The molecule has 3 atom stereocenters. The number of nitrogens with two attached hydrogens (primary N) is 1. The number of rotatable bonds is 2. The first kappa shape index (κ1) is 12.3. The minimum Gasteiger partial charge on any atom is -0.394 e. The Kier molecular flexibility index (Phi) is 3.06. The SMILES string of the molecule is Nc1nc([C@H]2C[C@H](O)[C@@H](CO)O2)c2ccccc2n1. The number of nitrogens with zero attached hydrogens (tertiary/aromatic N) is 2. The molecule has 0 saturated carbocycles. The van der Waals surface area contributed by atoms with E-state index in [0.717, 1.165) is 10.9 Å². The Hall–Kier alpha value is -1.76. The van der Waals surface area contributed by atoms with Gasteiger partial charge in [0, 0.05) is 11.8 Å². The average Bonchev–Trinajstić information content (AvgIpc) is 2.79. The average molecular weight is 261 g/mol. The molecule has 6 nitrogen and oxygen atoms in total. The molecule has 3 rings (SSSR count). The highest BCUT2D eigenvalue weighted by molar-refractivity contribution is 5.82. The second-order valence-electron chi connectivity index (χ2n) is 4.63. The first-order chi connectivity index (χ1) is 9.19. The van der Waals surface area contributed by atoms with Crippen LogP contribution in [0.15, 0.2) is 24.3 Å². The predicted octanol–water partition coefficient (Wildman–Crippen LogP) is 0.395. The molecule has 100 valence electrons. The third kappa shape index (κ3) is 2.14. The molecule has 0 radical (unpaired) electrons. The van der Waals surface area contributed by atoms with Crippen LogP contribution in [-0.2, 0) is 4.74 Å². The number of nitrogen functional groups attached to an aromatic ring is 1. The zero-order valence-corrected chi connectivity index (χ0v) is 10.2. The lowest BCUT2D eigenvalue weighted by molar-refractivity contribution is -0.0231. The highest BCUT2D eigenvalue weighted by Crippen LogP contribution is 2.35. The third-order valence-electron chi connectivity index (χ3n) is 3.36. The molecular weight excluding hydrogens is 246 g/mol. The van der Waals surface area contributed by atoms with E-state index in [9.17, 15) is 5.11 Å². The van der Waals surface area contributed by atoms with Crippen LogP contribution in [0.25, 0.3) is 10.9 Å². The van der Waals surface area contributed by atoms with Gasteiger partial charge in [-0.05, 0) is 6.07 Å². The Morgan fingerprint density at radius 2 is 2.11 bits per heavy atom. The van der Waals surface area contributed by atoms with Crippen molar-refractivity contribution in [2.45, 2.75) is 24.7 Å². The van der Waals surface area contributed by atoms with Crippen molar-refractivity contribution in [2.24, 2.45) is 0 Å². The molecule has 0 bridgehead atoms. The molecule has 1 aliphatic rings. The molecular formula is C13H15N3O3. The van der Waals surface area contributed by atoms with E-state index >= 15 is 0 Å². The maximum absolute atomic E-state index is 9.80. The fourth-order valence-electron chi connectivity index (χ4n) is 2.43. The molecule has 1 aromatic heterocycles. The number of ether oxygens (including phenoxy) is 1. The fourth-order valence-corrected chi connectivity index (χ4v) is 2.43. The monoisotopic (exact) mass is 261 g/mol. The normalized spacial score (nSPS) is 26.9. The van der Waals surface area contributed by atoms with Gasteiger partial charge in [0.25, 0.3) is 0 Å². The minimum atomic E-state index is -0.690. The number of fused-ring (bicyclic) bond motifs is 1. The van der Waals surface area contributed by atoms with Crippen LogP contribution in [0.2, 0.25) is 0 Å². The van der Waals surface area contributed by atoms with Gasteiger partial charge in [0.1, 0.15) is 12.2 Å². The number of anilines is 1. The second kappa shape index (κ2) is 4.73. The summed E-state index contributed by atoms with van der Waals surface area (Å²) >= 11 is 0. The van der Waals surface area contributed by atoms with Crippen molar-refractivity contribution < 1.29 is 14.9 Å². The van der Waals surface area contributed by atoms with Crippen LogP contribution in [-0.4, -0.2) is 39.0 Å². The van der Waals surface area contributed by atoms with Gasteiger partial charge in [0.2, 0.25) is 5.95 Å². The number of para-hydroxylation sites is 1. The molecule has 0 spiro atoms. The lowest BCUT2D eigenvalue weighted by atomic mass is 10.1. The van der Waals surface area contributed by atoms with Gasteiger partial charge in [-0.15, -0.1) is 0 Å². The van der Waals surface area contributed by atoms with Crippen molar-refractivity contribution in [3.63, 3.8) is 0 Å². The first-order valence-corrected chi connectivity index (χ1v) is 6.15. The van der Waals surface area contributed by atoms with Crippen LogP contribution in [0.1, 0.15) is 18.2 Å². The maximum atomic E-state index is 9.80. The Labute approximate surface area is 109 Å². The molecule has 1 aliphatic heterocycles. The Morgan fingerprint density at radius 1 is 1.32 bits per heavy atom. The van der Waals surface area contributed by atoms with E-state index in [4.69, 9.17) is 15.6 Å². The zero-order valence-electron chi connectivity index (χ0n) is 10.2. The predicted molar refractivity (Wildman–Crippen MR) is 69.3 cm³/mol. The third-order valence-corrected chi connectivity index (χ3v) is 3.36. The van der Waals surface area contributed by atoms with Gasteiger partial charge in [-0.3, -0.25) is 0 Å². The highest BCUT2D eigenvalue weighted by Gasteiger charge is 2.36. The number of hydrogen-bond acceptors (Lipinski definition) is 6. The first-order valence-electron chi connectivity index (χ1n) is 6.15. The lowest BCUT2D eigenvalue weighted by Crippen LogP contribution is -2.24. The zero-order chi connectivity index (χ0) is 13.4. The van der Waals surface area contributed by atoms with Crippen LogP contribution in [0.4, 0.5) is 5.95 Å². The maximum Gasteiger partial charge on any atom is 0.220 e. The molecule has 1 fully saturated rings. The van der Waals surface area contributed by atoms with E-state index < -0.39 is 12.2 Å². The van der Waals surface area contributed by atoms with Gasteiger partial charge in [-0.1, -0.05) is 18.2 Å². The van der Waals surface area contributed by atoms with Gasteiger partial charge >= 0.3 is 0 Å². The largest absolute Gasteiger partial charge is 0.394 e. The molecule has 2 aromatic rings. The van der Waals surface area contributed by atoms with E-state index in [2.05, 4.69) is 9.97 Å². The van der Waals surface area contributed by atoms with Crippen molar-refractivity contribution in [3.8, 4) is 0 Å². The van der Waals surface area contributed by atoms with Crippen molar-refractivity contribution >= 4 is 16.9 Å². The van der Waals surface area contributed by atoms with Gasteiger partial charge < -0.3 is 20.7 Å². The van der Waals surface area contributed by atoms with E-state index in [1.807, 2.05) is 24.3 Å². The molecule has 1 saturated heterocycles. The van der Waals surface area contributed by atoms with Crippen molar-refractivity contribution in [1.29, 1.82) is 0 Å². The van der Waals surface area contributed by atoms with E-state index in [0.29, 0.717) is 12.1 Å². The highest BCUT2D eigenvalue weighted by atomic mass is 16.5. The lowest BCUT2D eigenvalue weighted by Gasteiger charge is -2.13. The summed E-state index contributed by atoms with van der Waals surface area (Å²) in [6.07, 6.45) is -1.24. The molecule has 0 aliphatic carbocycles. The van der Waals surface area contributed by atoms with E-state index in [-0.39, 0.29) is 18.7 Å². The number of aromatic nitrogens is 2. The summed E-state index contributed by atoms with van der Waals surface area (Å²) in [5, 5.41) is 19.8. The van der Waals surface area contributed by atoms with Crippen LogP contribution in [0.3, 0.4) is 0 Å². The van der Waals surface area contributed by atoms with Gasteiger partial charge in [0.05, 0.1) is 23.9 Å². The molecule has 4 N–H and O–H groups in total. The summed E-state index contributed by atoms with van der Waals surface area (Å²) in [4.78, 5) is 8.40. The number of aliphatic hydroxyl groups is 2. The smallest absolute Gasteiger partial charge is 0.220 e.